The van der Waals surface area contributed by atoms with Crippen LogP contribution in [0.3, 0.4) is 0 Å². The Kier molecular flexibility index (Phi) is 4.96. The number of rotatable bonds is 2. The SMILES string of the molecule is O=S(=O)(c1ccc(F)cc1C#CCO)N1CCCC(O)C1. The van der Waals surface area contributed by atoms with Crippen LogP contribution in [0.15, 0.2) is 23.1 Å². The molecule has 0 saturated carbocycles. The largest absolute Gasteiger partial charge is 0.392 e. The number of aliphatic hydroxyl groups excluding tert-OH is 2. The highest BCUT2D eigenvalue weighted by Gasteiger charge is 2.31. The van der Waals surface area contributed by atoms with Crippen molar-refractivity contribution in [1.29, 1.82) is 0 Å². The molecule has 2 N–H and O–H groups in total. The van der Waals surface area contributed by atoms with Crippen LogP contribution in [0, 0.1) is 17.7 Å². The maximum absolute atomic E-state index is 13.3. The Morgan fingerprint density at radius 3 is 2.86 bits per heavy atom. The van der Waals surface area contributed by atoms with E-state index in [1.165, 1.54) is 4.31 Å². The van der Waals surface area contributed by atoms with Gasteiger partial charge in [0.05, 0.1) is 11.0 Å². The van der Waals surface area contributed by atoms with Crippen LogP contribution in [0.5, 0.6) is 0 Å². The van der Waals surface area contributed by atoms with Crippen molar-refractivity contribution < 1.29 is 23.0 Å². The molecular weight excluding hydrogens is 297 g/mol. The molecule has 1 unspecified atom stereocenters. The molecule has 5 nitrogen and oxygen atoms in total. The van der Waals surface area contributed by atoms with E-state index in [0.29, 0.717) is 19.4 Å². The number of aliphatic hydroxyl groups is 2. The third-order valence-electron chi connectivity index (χ3n) is 3.22. The van der Waals surface area contributed by atoms with Gasteiger partial charge in [-0.15, -0.1) is 0 Å². The minimum absolute atomic E-state index is 0.00381. The van der Waals surface area contributed by atoms with E-state index >= 15 is 0 Å². The zero-order chi connectivity index (χ0) is 15.5. The van der Waals surface area contributed by atoms with Crippen molar-refractivity contribution in [3.8, 4) is 11.8 Å². The van der Waals surface area contributed by atoms with Gasteiger partial charge < -0.3 is 10.2 Å². The first-order chi connectivity index (χ1) is 9.95. The number of piperidine rings is 1. The van der Waals surface area contributed by atoms with Crippen molar-refractivity contribution in [3.05, 3.63) is 29.6 Å². The van der Waals surface area contributed by atoms with Crippen molar-refractivity contribution in [3.63, 3.8) is 0 Å². The first kappa shape index (κ1) is 15.9. The van der Waals surface area contributed by atoms with Gasteiger partial charge in [0.1, 0.15) is 12.4 Å². The second-order valence-electron chi connectivity index (χ2n) is 4.76. The molecule has 0 aliphatic carbocycles. The molecule has 1 aliphatic rings. The fraction of sp³-hybridized carbons (Fsp3) is 0.429. The zero-order valence-electron chi connectivity index (χ0n) is 11.3. The lowest BCUT2D eigenvalue weighted by Gasteiger charge is -2.29. The van der Waals surface area contributed by atoms with E-state index in [0.717, 1.165) is 18.2 Å². The molecule has 1 aliphatic heterocycles. The molecule has 114 valence electrons. The molecule has 0 aromatic heterocycles. The molecule has 0 bridgehead atoms. The Bertz CT molecular complexity index is 678. The van der Waals surface area contributed by atoms with Crippen LogP contribution in [0.4, 0.5) is 4.39 Å². The highest BCUT2D eigenvalue weighted by atomic mass is 32.2. The van der Waals surface area contributed by atoms with E-state index in [1.54, 1.807) is 0 Å². The molecule has 0 radical (unpaired) electrons. The molecule has 1 saturated heterocycles. The van der Waals surface area contributed by atoms with Crippen LogP contribution >= 0.6 is 0 Å². The Labute approximate surface area is 123 Å². The summed E-state index contributed by atoms with van der Waals surface area (Å²) >= 11 is 0. The lowest BCUT2D eigenvalue weighted by molar-refractivity contribution is 0.108. The average molecular weight is 313 g/mol. The maximum Gasteiger partial charge on any atom is 0.244 e. The highest BCUT2D eigenvalue weighted by Crippen LogP contribution is 2.24. The van der Waals surface area contributed by atoms with E-state index in [9.17, 15) is 17.9 Å². The van der Waals surface area contributed by atoms with Crippen LogP contribution in [0.25, 0.3) is 0 Å². The van der Waals surface area contributed by atoms with Crippen molar-refractivity contribution in [2.75, 3.05) is 19.7 Å². The highest BCUT2D eigenvalue weighted by molar-refractivity contribution is 7.89. The number of nitrogens with zero attached hydrogens (tertiary/aromatic N) is 1. The molecule has 1 aromatic carbocycles. The van der Waals surface area contributed by atoms with Gasteiger partial charge in [0, 0.05) is 18.7 Å². The van der Waals surface area contributed by atoms with Gasteiger partial charge in [-0.25, -0.2) is 12.8 Å². The fourth-order valence-electron chi connectivity index (χ4n) is 2.24. The molecule has 1 atom stereocenters. The van der Waals surface area contributed by atoms with Gasteiger partial charge in [-0.3, -0.25) is 0 Å². The summed E-state index contributed by atoms with van der Waals surface area (Å²) in [4.78, 5) is -0.112. The molecule has 21 heavy (non-hydrogen) atoms. The standard InChI is InChI=1S/C14H16FNO4S/c15-12-5-6-14(11(9-12)3-2-8-17)21(19,20)16-7-1-4-13(18)10-16/h5-6,9,13,17-18H,1,4,7-8,10H2. The first-order valence-electron chi connectivity index (χ1n) is 6.52. The van der Waals surface area contributed by atoms with Crippen LogP contribution in [-0.2, 0) is 10.0 Å². The van der Waals surface area contributed by atoms with E-state index < -0.39 is 28.6 Å². The van der Waals surface area contributed by atoms with Crippen molar-refractivity contribution >= 4 is 10.0 Å². The second kappa shape index (κ2) is 6.54. The van der Waals surface area contributed by atoms with Crippen LogP contribution in [-0.4, -0.2) is 48.7 Å². The number of hydrogen-bond donors (Lipinski definition) is 2. The van der Waals surface area contributed by atoms with Crippen LogP contribution in [0.2, 0.25) is 0 Å². The molecule has 0 amide bonds. The predicted molar refractivity (Wildman–Crippen MR) is 74.4 cm³/mol. The number of sulfonamides is 1. The van der Waals surface area contributed by atoms with E-state index in [1.807, 2.05) is 0 Å². The molecule has 1 fully saturated rings. The molecular formula is C14H16FNO4S. The minimum atomic E-state index is -3.85. The number of benzene rings is 1. The van der Waals surface area contributed by atoms with E-state index in [4.69, 9.17) is 5.11 Å². The van der Waals surface area contributed by atoms with Gasteiger partial charge in [-0.1, -0.05) is 11.8 Å². The Hall–Kier alpha value is -1.46. The summed E-state index contributed by atoms with van der Waals surface area (Å²) in [6.07, 6.45) is 0.437. The summed E-state index contributed by atoms with van der Waals surface area (Å²) in [7, 11) is -3.85. The lowest BCUT2D eigenvalue weighted by atomic mass is 10.1. The van der Waals surface area contributed by atoms with Crippen LogP contribution < -0.4 is 0 Å². The minimum Gasteiger partial charge on any atom is -0.392 e. The topological polar surface area (TPSA) is 77.8 Å². The second-order valence-corrected chi connectivity index (χ2v) is 6.67. The predicted octanol–water partition coefficient (Wildman–Crippen LogP) is 0.315. The molecule has 1 aromatic rings. The summed E-state index contributed by atoms with van der Waals surface area (Å²) in [5, 5.41) is 18.3. The van der Waals surface area contributed by atoms with Gasteiger partial charge in [-0.2, -0.15) is 4.31 Å². The average Bonchev–Trinajstić information content (AvgIpc) is 2.45. The Morgan fingerprint density at radius 1 is 1.43 bits per heavy atom. The normalized spacial score (nSPS) is 19.9. The summed E-state index contributed by atoms with van der Waals surface area (Å²) in [5.41, 5.74) is 0.00381. The van der Waals surface area contributed by atoms with Crippen molar-refractivity contribution in [2.45, 2.75) is 23.8 Å². The lowest BCUT2D eigenvalue weighted by Crippen LogP contribution is -2.42. The zero-order valence-corrected chi connectivity index (χ0v) is 12.1. The van der Waals surface area contributed by atoms with Gasteiger partial charge >= 0.3 is 0 Å². The third-order valence-corrected chi connectivity index (χ3v) is 5.14. The quantitative estimate of drug-likeness (QED) is 0.771. The van der Waals surface area contributed by atoms with E-state index in [-0.39, 0.29) is 17.0 Å². The molecule has 1 heterocycles. The van der Waals surface area contributed by atoms with Crippen molar-refractivity contribution in [1.82, 2.24) is 4.31 Å². The van der Waals surface area contributed by atoms with E-state index in [2.05, 4.69) is 11.8 Å². The summed E-state index contributed by atoms with van der Waals surface area (Å²) in [6.45, 7) is -0.116. The Morgan fingerprint density at radius 2 is 2.19 bits per heavy atom. The third kappa shape index (κ3) is 3.60. The van der Waals surface area contributed by atoms with Gasteiger partial charge in [0.25, 0.3) is 0 Å². The summed E-state index contributed by atoms with van der Waals surface area (Å²) in [6, 6.07) is 3.24. The first-order valence-corrected chi connectivity index (χ1v) is 7.96. The molecule has 0 spiro atoms. The fourth-order valence-corrected chi connectivity index (χ4v) is 3.88. The number of halogens is 1. The molecule has 7 heteroatoms. The van der Waals surface area contributed by atoms with Gasteiger partial charge in [0.2, 0.25) is 10.0 Å². The summed E-state index contributed by atoms with van der Waals surface area (Å²) in [5.74, 6) is 4.17. The molecule has 2 rings (SSSR count). The van der Waals surface area contributed by atoms with Gasteiger partial charge in [-0.05, 0) is 31.0 Å². The van der Waals surface area contributed by atoms with Crippen LogP contribution in [0.1, 0.15) is 18.4 Å². The Balaban J connectivity index is 2.44. The monoisotopic (exact) mass is 313 g/mol. The maximum atomic E-state index is 13.3. The summed E-state index contributed by atoms with van der Waals surface area (Å²) < 4.78 is 39.6. The smallest absolute Gasteiger partial charge is 0.244 e. The van der Waals surface area contributed by atoms with Crippen molar-refractivity contribution in [2.24, 2.45) is 0 Å². The van der Waals surface area contributed by atoms with Gasteiger partial charge in [0.15, 0.2) is 0 Å². The number of β-amino-alcohol motifs (C(OH)–C–C–N with tert-alkyl or cyclic N) is 1. The number of hydrogen-bond acceptors (Lipinski definition) is 4.